The molecule has 4 aromatic rings. The van der Waals surface area contributed by atoms with E-state index >= 15 is 0 Å². The number of fused-ring (bicyclic) bond motifs is 1. The van der Waals surface area contributed by atoms with Gasteiger partial charge in [0, 0.05) is 59.5 Å². The van der Waals surface area contributed by atoms with Gasteiger partial charge in [-0.3, -0.25) is 9.78 Å². The first-order valence-electron chi connectivity index (χ1n) is 10.2. The molecule has 0 radical (unpaired) electrons. The number of methoxy groups -OCH3 is 2. The Bertz CT molecular complexity index is 1200. The fraction of sp³-hybridized carbons (Fsp3) is 0.200. The number of hydrogen-bond acceptors (Lipinski definition) is 4. The van der Waals surface area contributed by atoms with Gasteiger partial charge in [-0.25, -0.2) is 0 Å². The normalized spacial score (nSPS) is 11.8. The Kier molecular flexibility index (Phi) is 6.61. The van der Waals surface area contributed by atoms with Gasteiger partial charge >= 0.3 is 0 Å². The maximum atomic E-state index is 13.0. The van der Waals surface area contributed by atoms with E-state index in [1.54, 1.807) is 26.6 Å². The number of nitrogens with one attached hydrogen (secondary N) is 2. The first-order valence-corrected chi connectivity index (χ1v) is 10.6. The van der Waals surface area contributed by atoms with Gasteiger partial charge in [0.05, 0.1) is 14.2 Å². The highest BCUT2D eigenvalue weighted by Crippen LogP contribution is 2.37. The molecule has 4 rings (SSSR count). The Morgan fingerprint density at radius 2 is 1.78 bits per heavy atom. The van der Waals surface area contributed by atoms with Crippen molar-refractivity contribution in [3.8, 4) is 11.5 Å². The fourth-order valence-electron chi connectivity index (χ4n) is 3.80. The average molecular weight is 450 g/mol. The molecule has 0 saturated heterocycles. The van der Waals surface area contributed by atoms with Crippen molar-refractivity contribution in [3.63, 3.8) is 0 Å². The Morgan fingerprint density at radius 1 is 1.06 bits per heavy atom. The second-order valence-electron chi connectivity index (χ2n) is 7.47. The second-order valence-corrected chi connectivity index (χ2v) is 7.91. The van der Waals surface area contributed by atoms with Crippen LogP contribution in [-0.4, -0.2) is 30.1 Å². The SMILES string of the molecule is COc1cc(OC)cc(C(CC(=O)NCc2ccncc2)c2c[nH]c3ccc(Cl)cc23)c1. The summed E-state index contributed by atoms with van der Waals surface area (Å²) >= 11 is 6.28. The predicted octanol–water partition coefficient (Wildman–Crippen LogP) is 5.07. The van der Waals surface area contributed by atoms with Gasteiger partial charge in [-0.1, -0.05) is 11.6 Å². The molecule has 1 atom stereocenters. The topological polar surface area (TPSA) is 76.2 Å². The summed E-state index contributed by atoms with van der Waals surface area (Å²) in [6.45, 7) is 0.440. The molecule has 0 aliphatic carbocycles. The molecule has 0 bridgehead atoms. The minimum atomic E-state index is -0.233. The Labute approximate surface area is 191 Å². The molecule has 0 fully saturated rings. The number of aromatic amines is 1. The first kappa shape index (κ1) is 21.7. The van der Waals surface area contributed by atoms with Crippen molar-refractivity contribution >= 4 is 28.4 Å². The van der Waals surface area contributed by atoms with Crippen LogP contribution < -0.4 is 14.8 Å². The van der Waals surface area contributed by atoms with Gasteiger partial charge in [-0.2, -0.15) is 0 Å². The molecule has 32 heavy (non-hydrogen) atoms. The van der Waals surface area contributed by atoms with Crippen LogP contribution in [0.15, 0.2) is 67.1 Å². The van der Waals surface area contributed by atoms with Gasteiger partial charge in [0.25, 0.3) is 0 Å². The molecule has 2 aromatic carbocycles. The number of carbonyl (C=O) groups excluding carboxylic acids is 1. The minimum Gasteiger partial charge on any atom is -0.497 e. The maximum absolute atomic E-state index is 13.0. The summed E-state index contributed by atoms with van der Waals surface area (Å²) in [6.07, 6.45) is 5.61. The molecule has 1 amide bonds. The number of aromatic nitrogens is 2. The lowest BCUT2D eigenvalue weighted by Gasteiger charge is -2.19. The van der Waals surface area contributed by atoms with E-state index in [0.29, 0.717) is 23.1 Å². The number of benzene rings is 2. The largest absolute Gasteiger partial charge is 0.497 e. The van der Waals surface area contributed by atoms with Crippen molar-refractivity contribution in [2.45, 2.75) is 18.9 Å². The maximum Gasteiger partial charge on any atom is 0.221 e. The summed E-state index contributed by atoms with van der Waals surface area (Å²) in [7, 11) is 3.22. The second kappa shape index (κ2) is 9.75. The van der Waals surface area contributed by atoms with Crippen LogP contribution >= 0.6 is 11.6 Å². The third-order valence-electron chi connectivity index (χ3n) is 5.46. The van der Waals surface area contributed by atoms with E-state index in [0.717, 1.165) is 27.6 Å². The summed E-state index contributed by atoms with van der Waals surface area (Å²) < 4.78 is 10.9. The molecular formula is C25H24ClN3O3. The van der Waals surface area contributed by atoms with E-state index in [-0.39, 0.29) is 18.2 Å². The van der Waals surface area contributed by atoms with E-state index in [1.165, 1.54) is 0 Å². The number of nitrogens with zero attached hydrogens (tertiary/aromatic N) is 1. The number of hydrogen-bond donors (Lipinski definition) is 2. The number of pyridine rings is 1. The highest BCUT2D eigenvalue weighted by atomic mass is 35.5. The van der Waals surface area contributed by atoms with E-state index in [9.17, 15) is 4.79 Å². The van der Waals surface area contributed by atoms with Gasteiger partial charge in [0.15, 0.2) is 0 Å². The van der Waals surface area contributed by atoms with Crippen LogP contribution in [-0.2, 0) is 11.3 Å². The minimum absolute atomic E-state index is 0.0648. The zero-order valence-electron chi connectivity index (χ0n) is 17.9. The zero-order chi connectivity index (χ0) is 22.5. The molecule has 7 heteroatoms. The van der Waals surface area contributed by atoms with Crippen LogP contribution in [0.5, 0.6) is 11.5 Å². The van der Waals surface area contributed by atoms with E-state index in [4.69, 9.17) is 21.1 Å². The van der Waals surface area contributed by atoms with Crippen LogP contribution in [0.2, 0.25) is 5.02 Å². The summed E-state index contributed by atoms with van der Waals surface area (Å²) in [5.74, 6) is 1.03. The van der Waals surface area contributed by atoms with Crippen molar-refractivity contribution < 1.29 is 14.3 Å². The summed E-state index contributed by atoms with van der Waals surface area (Å²) in [6, 6.07) is 15.2. The Hall–Kier alpha value is -3.51. The number of amides is 1. The molecule has 6 nitrogen and oxygen atoms in total. The Balaban J connectivity index is 1.69. The number of ether oxygens (including phenoxy) is 2. The molecule has 0 saturated carbocycles. The van der Waals surface area contributed by atoms with Crippen LogP contribution in [0.25, 0.3) is 10.9 Å². The molecule has 1 unspecified atom stereocenters. The third-order valence-corrected chi connectivity index (χ3v) is 5.69. The number of H-pyrrole nitrogens is 1. The highest BCUT2D eigenvalue weighted by Gasteiger charge is 2.23. The van der Waals surface area contributed by atoms with E-state index in [2.05, 4.69) is 15.3 Å². The van der Waals surface area contributed by atoms with Gasteiger partial charge in [0.1, 0.15) is 11.5 Å². The summed E-state index contributed by atoms with van der Waals surface area (Å²) in [5, 5.41) is 4.63. The van der Waals surface area contributed by atoms with Crippen molar-refractivity contribution in [3.05, 3.63) is 88.8 Å². The quantitative estimate of drug-likeness (QED) is 0.393. The van der Waals surface area contributed by atoms with Gasteiger partial charge < -0.3 is 19.8 Å². The van der Waals surface area contributed by atoms with Crippen LogP contribution in [0.3, 0.4) is 0 Å². The lowest BCUT2D eigenvalue weighted by atomic mass is 9.87. The summed E-state index contributed by atoms with van der Waals surface area (Å²) in [5.41, 5.74) is 3.85. The standard InChI is InChI=1S/C25H24ClN3O3/c1-31-19-9-17(10-20(12-19)32-2)21(13-25(30)29-14-16-5-7-27-8-6-16)23-15-28-24-4-3-18(26)11-22(23)24/h3-12,15,21,28H,13-14H2,1-2H3,(H,29,30). The molecule has 0 aliphatic heterocycles. The molecule has 0 aliphatic rings. The van der Waals surface area contributed by atoms with Crippen molar-refractivity contribution in [2.75, 3.05) is 14.2 Å². The van der Waals surface area contributed by atoms with Crippen LogP contribution in [0.4, 0.5) is 0 Å². The lowest BCUT2D eigenvalue weighted by molar-refractivity contribution is -0.121. The van der Waals surface area contributed by atoms with Gasteiger partial charge in [-0.15, -0.1) is 0 Å². The first-order chi connectivity index (χ1) is 15.6. The van der Waals surface area contributed by atoms with E-state index in [1.807, 2.05) is 54.7 Å². The van der Waals surface area contributed by atoms with Crippen LogP contribution in [0, 0.1) is 0 Å². The average Bonchev–Trinajstić information content (AvgIpc) is 3.24. The monoisotopic (exact) mass is 449 g/mol. The van der Waals surface area contributed by atoms with Gasteiger partial charge in [0.2, 0.25) is 5.91 Å². The molecule has 2 N–H and O–H groups in total. The Morgan fingerprint density at radius 3 is 2.47 bits per heavy atom. The number of halogens is 1. The molecular weight excluding hydrogens is 426 g/mol. The third kappa shape index (κ3) is 4.86. The molecule has 2 aromatic heterocycles. The highest BCUT2D eigenvalue weighted by molar-refractivity contribution is 6.31. The lowest BCUT2D eigenvalue weighted by Crippen LogP contribution is -2.25. The molecule has 164 valence electrons. The summed E-state index contributed by atoms with van der Waals surface area (Å²) in [4.78, 5) is 20.3. The van der Waals surface area contributed by atoms with Crippen molar-refractivity contribution in [1.29, 1.82) is 0 Å². The van der Waals surface area contributed by atoms with Crippen molar-refractivity contribution in [1.82, 2.24) is 15.3 Å². The molecule has 2 heterocycles. The van der Waals surface area contributed by atoms with Crippen molar-refractivity contribution in [2.24, 2.45) is 0 Å². The molecule has 0 spiro atoms. The zero-order valence-corrected chi connectivity index (χ0v) is 18.6. The van der Waals surface area contributed by atoms with Gasteiger partial charge in [-0.05, 0) is 59.2 Å². The number of rotatable bonds is 8. The van der Waals surface area contributed by atoms with Crippen LogP contribution in [0.1, 0.15) is 29.0 Å². The van der Waals surface area contributed by atoms with E-state index < -0.39 is 0 Å². The number of carbonyl (C=O) groups is 1. The predicted molar refractivity (Wildman–Crippen MR) is 125 cm³/mol. The fourth-order valence-corrected chi connectivity index (χ4v) is 3.97. The smallest absolute Gasteiger partial charge is 0.221 e.